The number of hydrogen-bond acceptors (Lipinski definition) is 4. The summed E-state index contributed by atoms with van der Waals surface area (Å²) in [5.74, 6) is 1.08. The molecule has 0 unspecified atom stereocenters. The zero-order valence-corrected chi connectivity index (χ0v) is 12.3. The van der Waals surface area contributed by atoms with E-state index in [9.17, 15) is 0 Å². The lowest BCUT2D eigenvalue weighted by Gasteiger charge is -2.13. The number of unbranched alkanes of at least 4 members (excludes halogenated alkanes) is 1. The summed E-state index contributed by atoms with van der Waals surface area (Å²) in [6.45, 7) is 2.17. The van der Waals surface area contributed by atoms with E-state index < -0.39 is 0 Å². The first-order valence-corrected chi connectivity index (χ1v) is 7.48. The number of nitrogens with zero attached hydrogens (tertiary/aromatic N) is 3. The first kappa shape index (κ1) is 14.3. The van der Waals surface area contributed by atoms with Crippen LogP contribution in [0.1, 0.15) is 43.4 Å². The average molecular weight is 262 g/mol. The minimum Gasteiger partial charge on any atom is -0.370 e. The van der Waals surface area contributed by atoms with E-state index >= 15 is 0 Å². The molecular formula is C15H26N4. The van der Waals surface area contributed by atoms with Crippen molar-refractivity contribution in [3.05, 3.63) is 17.6 Å². The molecule has 0 spiro atoms. The molecule has 0 amide bonds. The number of aromatic nitrogens is 2. The van der Waals surface area contributed by atoms with Crippen molar-refractivity contribution in [2.45, 2.75) is 44.9 Å². The van der Waals surface area contributed by atoms with Gasteiger partial charge in [0.2, 0.25) is 0 Å². The lowest BCUT2D eigenvalue weighted by Crippen LogP contribution is -2.15. The molecule has 19 heavy (non-hydrogen) atoms. The normalized spacial score (nSPS) is 15.1. The molecule has 1 aromatic rings. The van der Waals surface area contributed by atoms with Crippen LogP contribution in [-0.2, 0) is 12.8 Å². The van der Waals surface area contributed by atoms with Gasteiger partial charge in [0.15, 0.2) is 0 Å². The van der Waals surface area contributed by atoms with Crippen molar-refractivity contribution in [2.24, 2.45) is 0 Å². The highest BCUT2D eigenvalue weighted by Crippen LogP contribution is 2.23. The van der Waals surface area contributed by atoms with Gasteiger partial charge in [-0.05, 0) is 59.2 Å². The molecule has 2 rings (SSSR count). The lowest BCUT2D eigenvalue weighted by atomic mass is 10.1. The second-order valence-corrected chi connectivity index (χ2v) is 5.65. The smallest absolute Gasteiger partial charge is 0.132 e. The summed E-state index contributed by atoms with van der Waals surface area (Å²) in [4.78, 5) is 11.1. The third-order valence-corrected chi connectivity index (χ3v) is 3.70. The Balaban J connectivity index is 1.86. The summed E-state index contributed by atoms with van der Waals surface area (Å²) in [5.41, 5.74) is 2.64. The summed E-state index contributed by atoms with van der Waals surface area (Å²) >= 11 is 0. The zero-order valence-electron chi connectivity index (χ0n) is 12.3. The Kier molecular flexibility index (Phi) is 5.58. The van der Waals surface area contributed by atoms with Crippen molar-refractivity contribution >= 4 is 5.82 Å². The first-order chi connectivity index (χ1) is 9.27. The third kappa shape index (κ3) is 4.46. The lowest BCUT2D eigenvalue weighted by molar-refractivity contribution is 0.396. The molecule has 0 bridgehead atoms. The van der Waals surface area contributed by atoms with Crippen LogP contribution in [0.3, 0.4) is 0 Å². The van der Waals surface area contributed by atoms with Crippen LogP contribution in [0.5, 0.6) is 0 Å². The maximum Gasteiger partial charge on any atom is 0.132 e. The standard InChI is InChI=1S/C15H26N4/c1-19(2)11-7-6-10-16-15-13-8-4-3-5-9-14(13)17-12-18-15/h12H,3-11H2,1-2H3,(H,16,17,18). The van der Waals surface area contributed by atoms with Gasteiger partial charge in [0.05, 0.1) is 0 Å². The number of nitrogens with one attached hydrogen (secondary N) is 1. The minimum absolute atomic E-state index is 1.01. The van der Waals surface area contributed by atoms with Gasteiger partial charge in [-0.2, -0.15) is 0 Å². The molecule has 0 radical (unpaired) electrons. The van der Waals surface area contributed by atoms with Crippen molar-refractivity contribution in [3.8, 4) is 0 Å². The summed E-state index contributed by atoms with van der Waals surface area (Å²) in [6.07, 6.45) is 10.3. The maximum atomic E-state index is 4.45. The predicted molar refractivity (Wildman–Crippen MR) is 79.6 cm³/mol. The van der Waals surface area contributed by atoms with E-state index in [2.05, 4.69) is 34.3 Å². The summed E-state index contributed by atoms with van der Waals surface area (Å²) in [6, 6.07) is 0. The summed E-state index contributed by atoms with van der Waals surface area (Å²) < 4.78 is 0. The number of fused-ring (bicyclic) bond motifs is 1. The molecule has 4 nitrogen and oxygen atoms in total. The average Bonchev–Trinajstić information content (AvgIpc) is 2.63. The third-order valence-electron chi connectivity index (χ3n) is 3.70. The van der Waals surface area contributed by atoms with Crippen LogP contribution in [0.4, 0.5) is 5.82 Å². The Bertz CT molecular complexity index is 390. The number of rotatable bonds is 6. The second-order valence-electron chi connectivity index (χ2n) is 5.65. The highest BCUT2D eigenvalue weighted by atomic mass is 15.0. The van der Waals surface area contributed by atoms with Crippen LogP contribution in [0.25, 0.3) is 0 Å². The molecule has 0 fully saturated rings. The summed E-state index contributed by atoms with van der Waals surface area (Å²) in [7, 11) is 4.25. The van der Waals surface area contributed by atoms with Gasteiger partial charge in [-0.25, -0.2) is 9.97 Å². The maximum absolute atomic E-state index is 4.45. The van der Waals surface area contributed by atoms with Crippen molar-refractivity contribution in [3.63, 3.8) is 0 Å². The summed E-state index contributed by atoms with van der Waals surface area (Å²) in [5, 5.41) is 3.50. The minimum atomic E-state index is 1.01. The fraction of sp³-hybridized carbons (Fsp3) is 0.733. The van der Waals surface area contributed by atoms with Crippen LogP contribution < -0.4 is 5.32 Å². The van der Waals surface area contributed by atoms with Gasteiger partial charge in [0.25, 0.3) is 0 Å². The number of hydrogen-bond donors (Lipinski definition) is 1. The van der Waals surface area contributed by atoms with Gasteiger partial charge in [0.1, 0.15) is 12.1 Å². The molecule has 1 heterocycles. The van der Waals surface area contributed by atoms with Gasteiger partial charge in [-0.3, -0.25) is 0 Å². The molecule has 4 heteroatoms. The van der Waals surface area contributed by atoms with Crippen molar-refractivity contribution in [1.82, 2.24) is 14.9 Å². The van der Waals surface area contributed by atoms with Crippen LogP contribution >= 0.6 is 0 Å². The fourth-order valence-corrected chi connectivity index (χ4v) is 2.61. The van der Waals surface area contributed by atoms with Gasteiger partial charge in [-0.1, -0.05) is 6.42 Å². The SMILES string of the molecule is CN(C)CCCCNc1ncnc2c1CCCCC2. The molecule has 0 aliphatic heterocycles. The first-order valence-electron chi connectivity index (χ1n) is 7.48. The van der Waals surface area contributed by atoms with E-state index in [-0.39, 0.29) is 0 Å². The van der Waals surface area contributed by atoms with Gasteiger partial charge in [0, 0.05) is 17.8 Å². The molecule has 106 valence electrons. The molecule has 1 N–H and O–H groups in total. The van der Waals surface area contributed by atoms with E-state index in [0.717, 1.165) is 31.7 Å². The highest BCUT2D eigenvalue weighted by molar-refractivity contribution is 5.46. The van der Waals surface area contributed by atoms with Crippen molar-refractivity contribution < 1.29 is 0 Å². The Morgan fingerprint density at radius 2 is 1.95 bits per heavy atom. The Hall–Kier alpha value is -1.16. The molecule has 0 saturated heterocycles. The van der Waals surface area contributed by atoms with Gasteiger partial charge in [-0.15, -0.1) is 0 Å². The molecule has 1 aliphatic rings. The van der Waals surface area contributed by atoms with E-state index in [1.165, 1.54) is 43.4 Å². The van der Waals surface area contributed by atoms with Crippen molar-refractivity contribution in [2.75, 3.05) is 32.5 Å². The topological polar surface area (TPSA) is 41.0 Å². The van der Waals surface area contributed by atoms with Gasteiger partial charge < -0.3 is 10.2 Å². The van der Waals surface area contributed by atoms with E-state index in [4.69, 9.17) is 0 Å². The largest absolute Gasteiger partial charge is 0.370 e. The van der Waals surface area contributed by atoms with Crippen LogP contribution in [0.15, 0.2) is 6.33 Å². The van der Waals surface area contributed by atoms with E-state index in [1.807, 2.05) is 0 Å². The van der Waals surface area contributed by atoms with Crippen LogP contribution in [0, 0.1) is 0 Å². The second kappa shape index (κ2) is 7.43. The Morgan fingerprint density at radius 1 is 1.11 bits per heavy atom. The molecule has 0 saturated carbocycles. The number of aryl methyl sites for hydroxylation is 1. The monoisotopic (exact) mass is 262 g/mol. The quantitative estimate of drug-likeness (QED) is 0.632. The molecule has 0 atom stereocenters. The Morgan fingerprint density at radius 3 is 2.79 bits per heavy atom. The van der Waals surface area contributed by atoms with E-state index in [0.29, 0.717) is 0 Å². The number of anilines is 1. The van der Waals surface area contributed by atoms with Crippen molar-refractivity contribution in [1.29, 1.82) is 0 Å². The Labute approximate surface area is 116 Å². The molecule has 0 aromatic carbocycles. The highest BCUT2D eigenvalue weighted by Gasteiger charge is 2.13. The zero-order chi connectivity index (χ0) is 13.5. The van der Waals surface area contributed by atoms with Gasteiger partial charge >= 0.3 is 0 Å². The molecular weight excluding hydrogens is 236 g/mol. The van der Waals surface area contributed by atoms with E-state index in [1.54, 1.807) is 6.33 Å². The van der Waals surface area contributed by atoms with Crippen LogP contribution in [-0.4, -0.2) is 42.1 Å². The molecule has 1 aliphatic carbocycles. The fourth-order valence-electron chi connectivity index (χ4n) is 2.61. The van der Waals surface area contributed by atoms with Crippen LogP contribution in [0.2, 0.25) is 0 Å². The molecule has 1 aromatic heterocycles. The predicted octanol–water partition coefficient (Wildman–Crippen LogP) is 2.50.